The molecule has 3 aromatic rings. The van der Waals surface area contributed by atoms with E-state index in [1.54, 1.807) is 37.4 Å². The van der Waals surface area contributed by atoms with Crippen LogP contribution < -0.4 is 14.4 Å². The number of hydrogen-bond donors (Lipinski definition) is 1. The molecule has 1 amide bonds. The Labute approximate surface area is 165 Å². The van der Waals surface area contributed by atoms with Gasteiger partial charge in [0.2, 0.25) is 0 Å². The van der Waals surface area contributed by atoms with Gasteiger partial charge in [0.25, 0.3) is 5.91 Å². The molecule has 0 aliphatic rings. The van der Waals surface area contributed by atoms with Crippen molar-refractivity contribution in [2.75, 3.05) is 39.3 Å². The highest BCUT2D eigenvalue weighted by Gasteiger charge is 2.18. The fraction of sp³-hybridized carbons (Fsp3) is 0.250. The lowest BCUT2D eigenvalue weighted by atomic mass is 10.2. The highest BCUT2D eigenvalue weighted by atomic mass is 32.2. The number of nitrogens with zero attached hydrogens (tertiary/aromatic N) is 1. The number of furan rings is 1. The van der Waals surface area contributed by atoms with Crippen molar-refractivity contribution in [3.05, 3.63) is 54.3 Å². The molecule has 2 aromatic carbocycles. The van der Waals surface area contributed by atoms with Gasteiger partial charge in [-0.05, 0) is 30.3 Å². The van der Waals surface area contributed by atoms with E-state index in [0.29, 0.717) is 29.4 Å². The summed E-state index contributed by atoms with van der Waals surface area (Å²) in [7, 11) is 3.62. The van der Waals surface area contributed by atoms with Gasteiger partial charge in [0.1, 0.15) is 22.8 Å². The lowest BCUT2D eigenvalue weighted by Gasteiger charge is -2.11. The first-order valence-corrected chi connectivity index (χ1v) is 9.79. The zero-order chi connectivity index (χ0) is 20.1. The van der Waals surface area contributed by atoms with E-state index in [0.717, 1.165) is 11.1 Å². The minimum Gasteiger partial charge on any atom is -0.490 e. The van der Waals surface area contributed by atoms with Gasteiger partial charge in [0, 0.05) is 38.3 Å². The smallest absolute Gasteiger partial charge is 0.298 e. The van der Waals surface area contributed by atoms with Crippen molar-refractivity contribution >= 4 is 33.5 Å². The minimum absolute atomic E-state index is 0.0945. The molecule has 7 nitrogen and oxygen atoms in total. The van der Waals surface area contributed by atoms with Crippen molar-refractivity contribution in [3.63, 3.8) is 0 Å². The molecular formula is C20H22N2O5S. The molecule has 28 heavy (non-hydrogen) atoms. The lowest BCUT2D eigenvalue weighted by molar-refractivity contribution is 0.0958. The number of amides is 1. The number of carbonyl (C=O) groups is 1. The van der Waals surface area contributed by atoms with E-state index in [9.17, 15) is 9.00 Å². The van der Waals surface area contributed by atoms with Crippen LogP contribution in [0, 0.1) is 0 Å². The summed E-state index contributed by atoms with van der Waals surface area (Å²) < 4.78 is 31.3. The van der Waals surface area contributed by atoms with Crippen LogP contribution in [-0.4, -0.2) is 44.5 Å². The number of benzene rings is 2. The average molecular weight is 402 g/mol. The molecule has 0 spiro atoms. The van der Waals surface area contributed by atoms with Crippen molar-refractivity contribution in [2.45, 2.75) is 4.90 Å². The maximum atomic E-state index is 12.7. The summed E-state index contributed by atoms with van der Waals surface area (Å²) in [6, 6.07) is 14.1. The number of methoxy groups -OCH3 is 1. The van der Waals surface area contributed by atoms with Crippen LogP contribution in [0.1, 0.15) is 10.6 Å². The van der Waals surface area contributed by atoms with Gasteiger partial charge in [-0.2, -0.15) is 0 Å². The molecule has 0 aliphatic carbocycles. The van der Waals surface area contributed by atoms with E-state index in [4.69, 9.17) is 13.9 Å². The third-order valence-corrected chi connectivity index (χ3v) is 5.13. The van der Waals surface area contributed by atoms with Crippen LogP contribution in [0.25, 0.3) is 11.0 Å². The number of hydrogen-bond acceptors (Lipinski definition) is 6. The summed E-state index contributed by atoms with van der Waals surface area (Å²) in [5.41, 5.74) is 1.55. The van der Waals surface area contributed by atoms with Gasteiger partial charge in [0.05, 0.1) is 6.61 Å². The van der Waals surface area contributed by atoms with Crippen LogP contribution in [0.2, 0.25) is 0 Å². The maximum absolute atomic E-state index is 12.7. The molecule has 0 saturated carbocycles. The zero-order valence-corrected chi connectivity index (χ0v) is 16.7. The van der Waals surface area contributed by atoms with E-state index in [2.05, 4.69) is 4.72 Å². The first-order chi connectivity index (χ1) is 13.5. The second-order valence-electron chi connectivity index (χ2n) is 6.22. The van der Waals surface area contributed by atoms with E-state index in [1.165, 1.54) is 0 Å². The molecule has 0 aliphatic heterocycles. The Morgan fingerprint density at radius 1 is 1.14 bits per heavy atom. The van der Waals surface area contributed by atoms with Gasteiger partial charge in [-0.3, -0.25) is 9.52 Å². The van der Waals surface area contributed by atoms with Crippen LogP contribution in [0.15, 0.2) is 57.8 Å². The van der Waals surface area contributed by atoms with Crippen LogP contribution in [0.4, 0.5) is 5.69 Å². The molecule has 8 heteroatoms. The molecule has 0 fully saturated rings. The highest BCUT2D eigenvalue weighted by molar-refractivity contribution is 7.83. The zero-order valence-electron chi connectivity index (χ0n) is 15.9. The van der Waals surface area contributed by atoms with Crippen molar-refractivity contribution in [3.8, 4) is 5.75 Å². The maximum Gasteiger partial charge on any atom is 0.298 e. The number of ether oxygens (including phenoxy) is 2. The molecule has 1 heterocycles. The third-order valence-electron chi connectivity index (χ3n) is 4.02. The number of nitrogens with one attached hydrogen (secondary N) is 1. The summed E-state index contributed by atoms with van der Waals surface area (Å²) in [5, 5.41) is 0.796. The number of para-hydroxylation sites is 1. The van der Waals surface area contributed by atoms with Crippen LogP contribution in [0.3, 0.4) is 0 Å². The van der Waals surface area contributed by atoms with Gasteiger partial charge in [-0.15, -0.1) is 0 Å². The number of rotatable bonds is 8. The summed E-state index contributed by atoms with van der Waals surface area (Å²) in [4.78, 5) is 14.8. The predicted molar refractivity (Wildman–Crippen MR) is 108 cm³/mol. The lowest BCUT2D eigenvalue weighted by Crippen LogP contribution is -2.25. The van der Waals surface area contributed by atoms with E-state index in [1.807, 2.05) is 37.2 Å². The van der Waals surface area contributed by atoms with Crippen LogP contribution in [-0.2, 0) is 15.7 Å². The van der Waals surface area contributed by atoms with Gasteiger partial charge in [-0.25, -0.2) is 4.21 Å². The Kier molecular flexibility index (Phi) is 6.33. The van der Waals surface area contributed by atoms with Crippen LogP contribution in [0.5, 0.6) is 5.75 Å². The van der Waals surface area contributed by atoms with Gasteiger partial charge in [-0.1, -0.05) is 12.1 Å². The summed E-state index contributed by atoms with van der Waals surface area (Å²) in [6.45, 7) is 0.720. The molecule has 0 saturated heterocycles. The summed E-state index contributed by atoms with van der Waals surface area (Å²) >= 11 is 0. The van der Waals surface area contributed by atoms with Gasteiger partial charge < -0.3 is 18.8 Å². The SMILES string of the molecule is COCCOc1ccccc1S(=O)NC(=O)c1cc2ccc(N(C)C)cc2o1. The molecular weight excluding hydrogens is 380 g/mol. The molecule has 1 unspecified atom stereocenters. The largest absolute Gasteiger partial charge is 0.490 e. The molecule has 1 atom stereocenters. The minimum atomic E-state index is -1.80. The van der Waals surface area contributed by atoms with Crippen molar-refractivity contribution in [1.29, 1.82) is 0 Å². The molecule has 0 bridgehead atoms. The fourth-order valence-corrected chi connectivity index (χ4v) is 3.45. The third kappa shape index (κ3) is 4.52. The number of fused-ring (bicyclic) bond motifs is 1. The Morgan fingerprint density at radius 2 is 1.93 bits per heavy atom. The topological polar surface area (TPSA) is 81.0 Å². The van der Waals surface area contributed by atoms with Crippen molar-refractivity contribution < 1.29 is 22.9 Å². The molecule has 3 rings (SSSR count). The van der Waals surface area contributed by atoms with Crippen molar-refractivity contribution in [1.82, 2.24) is 4.72 Å². The molecule has 0 radical (unpaired) electrons. The standard InChI is InChI=1S/C20H22N2O5S/c1-22(2)15-9-8-14-12-18(27-17(14)13-15)20(23)21-28(24)19-7-5-4-6-16(19)26-11-10-25-3/h4-9,12-13H,10-11H2,1-3H3,(H,21,23). The Hall–Kier alpha value is -2.84. The fourth-order valence-electron chi connectivity index (χ4n) is 2.56. The van der Waals surface area contributed by atoms with Crippen LogP contribution >= 0.6 is 0 Å². The summed E-state index contributed by atoms with van der Waals surface area (Å²) in [5.74, 6) is -0.0388. The molecule has 1 aromatic heterocycles. The van der Waals surface area contributed by atoms with E-state index >= 15 is 0 Å². The quantitative estimate of drug-likeness (QED) is 0.584. The first kappa shape index (κ1) is 19.9. The number of carbonyl (C=O) groups excluding carboxylic acids is 1. The van der Waals surface area contributed by atoms with Gasteiger partial charge in [0.15, 0.2) is 16.7 Å². The average Bonchev–Trinajstić information content (AvgIpc) is 3.12. The first-order valence-electron chi connectivity index (χ1n) is 8.64. The molecule has 148 valence electrons. The second-order valence-corrected chi connectivity index (χ2v) is 7.40. The Bertz CT molecular complexity index is 999. The van der Waals surface area contributed by atoms with Gasteiger partial charge >= 0.3 is 0 Å². The van der Waals surface area contributed by atoms with E-state index < -0.39 is 16.9 Å². The Balaban J connectivity index is 1.76. The Morgan fingerprint density at radius 3 is 2.68 bits per heavy atom. The number of anilines is 1. The monoisotopic (exact) mass is 402 g/mol. The predicted octanol–water partition coefficient (Wildman–Crippen LogP) is 2.98. The highest BCUT2D eigenvalue weighted by Crippen LogP contribution is 2.25. The molecule has 1 N–H and O–H groups in total. The normalized spacial score (nSPS) is 12.0. The second kappa shape index (κ2) is 8.90. The van der Waals surface area contributed by atoms with E-state index in [-0.39, 0.29) is 5.76 Å². The summed E-state index contributed by atoms with van der Waals surface area (Å²) in [6.07, 6.45) is 0. The van der Waals surface area contributed by atoms with Crippen molar-refractivity contribution in [2.24, 2.45) is 0 Å².